The van der Waals surface area contributed by atoms with Gasteiger partial charge in [0, 0.05) is 23.2 Å². The molecule has 2 aromatic carbocycles. The number of likely N-dealkylation sites (N-methyl/N-ethyl adjacent to an activating group) is 1. The Morgan fingerprint density at radius 1 is 1.00 bits per heavy atom. The van der Waals surface area contributed by atoms with Crippen LogP contribution in [0.2, 0.25) is 0 Å². The van der Waals surface area contributed by atoms with Crippen LogP contribution in [0.15, 0.2) is 42.5 Å². The molecule has 0 bridgehead atoms. The Morgan fingerprint density at radius 3 is 2.68 bits per heavy atom. The largest absolute Gasteiger partial charge is 0.490 e. The number of hydrogen-bond acceptors (Lipinski definition) is 3. The van der Waals surface area contributed by atoms with E-state index in [0.29, 0.717) is 12.0 Å². The molecule has 3 heterocycles. The van der Waals surface area contributed by atoms with E-state index in [2.05, 4.69) is 58.2 Å². The summed E-state index contributed by atoms with van der Waals surface area (Å²) in [5.41, 5.74) is 4.29. The monoisotopic (exact) mass is 390 g/mol. The van der Waals surface area contributed by atoms with Crippen LogP contribution in [0.5, 0.6) is 5.75 Å². The van der Waals surface area contributed by atoms with Gasteiger partial charge in [-0.25, -0.2) is 0 Å². The highest BCUT2D eigenvalue weighted by Gasteiger charge is 2.28. The average molecular weight is 391 g/mol. The molecule has 0 N–H and O–H groups in total. The lowest BCUT2D eigenvalue weighted by atomic mass is 9.95. The van der Waals surface area contributed by atoms with Gasteiger partial charge in [0.1, 0.15) is 5.75 Å². The van der Waals surface area contributed by atoms with Crippen molar-refractivity contribution in [2.24, 2.45) is 0 Å². The number of aromatic nitrogens is 1. The third kappa shape index (κ3) is 2.58. The van der Waals surface area contributed by atoms with E-state index in [9.17, 15) is 0 Å². The third-order valence-corrected chi connectivity index (χ3v) is 7.79. The van der Waals surface area contributed by atoms with Gasteiger partial charge in [-0.3, -0.25) is 3.79 Å². The molecule has 1 atom stereocenters. The second-order valence-corrected chi connectivity index (χ2v) is 9.58. The molecule has 4 heteroatoms. The lowest BCUT2D eigenvalue weighted by Crippen LogP contribution is -2.13. The fourth-order valence-electron chi connectivity index (χ4n) is 5.31. The van der Waals surface area contributed by atoms with Crippen molar-refractivity contribution in [1.29, 1.82) is 0 Å². The predicted molar refractivity (Wildman–Crippen MR) is 118 cm³/mol. The van der Waals surface area contributed by atoms with Crippen molar-refractivity contribution < 1.29 is 4.74 Å². The summed E-state index contributed by atoms with van der Waals surface area (Å²) < 4.78 is 10.2. The van der Waals surface area contributed by atoms with Gasteiger partial charge in [0.05, 0.1) is 21.8 Å². The molecule has 1 saturated heterocycles. The van der Waals surface area contributed by atoms with Gasteiger partial charge in [-0.05, 0) is 75.5 Å². The Hall–Kier alpha value is -2.04. The van der Waals surface area contributed by atoms with E-state index >= 15 is 0 Å². The van der Waals surface area contributed by atoms with E-state index in [4.69, 9.17) is 4.74 Å². The summed E-state index contributed by atoms with van der Waals surface area (Å²) in [4.78, 5) is 2.47. The number of nitrogens with zero attached hydrogens (tertiary/aromatic N) is 2. The molecule has 1 saturated carbocycles. The minimum atomic E-state index is 0.406. The van der Waals surface area contributed by atoms with Crippen molar-refractivity contribution >= 4 is 38.0 Å². The topological polar surface area (TPSA) is 16.9 Å². The zero-order valence-corrected chi connectivity index (χ0v) is 17.2. The Morgan fingerprint density at radius 2 is 1.86 bits per heavy atom. The maximum absolute atomic E-state index is 6.37. The van der Waals surface area contributed by atoms with Gasteiger partial charge in [-0.1, -0.05) is 29.7 Å². The van der Waals surface area contributed by atoms with Crippen molar-refractivity contribution in [2.45, 2.75) is 44.1 Å². The molecule has 2 fully saturated rings. The summed E-state index contributed by atoms with van der Waals surface area (Å²) in [6.07, 6.45) is 6.66. The van der Waals surface area contributed by atoms with Crippen LogP contribution >= 0.6 is 11.5 Å². The molecule has 1 aliphatic heterocycles. The van der Waals surface area contributed by atoms with Gasteiger partial charge in [-0.2, -0.15) is 0 Å². The average Bonchev–Trinajstić information content (AvgIpc) is 3.46. The molecule has 0 radical (unpaired) electrons. The summed E-state index contributed by atoms with van der Waals surface area (Å²) in [6.45, 7) is 2.33. The first kappa shape index (κ1) is 16.9. The van der Waals surface area contributed by atoms with E-state index in [0.717, 1.165) is 12.3 Å². The Kier molecular flexibility index (Phi) is 3.92. The molecule has 144 valence electrons. The van der Waals surface area contributed by atoms with E-state index in [1.807, 2.05) is 11.5 Å². The van der Waals surface area contributed by atoms with E-state index in [1.54, 1.807) is 0 Å². The molecule has 0 spiro atoms. The molecule has 1 unspecified atom stereocenters. The van der Waals surface area contributed by atoms with Crippen molar-refractivity contribution in [3.05, 3.63) is 48.0 Å². The molecular formula is C24H26N2OS. The van der Waals surface area contributed by atoms with E-state index < -0.39 is 0 Å². The number of rotatable bonds is 3. The van der Waals surface area contributed by atoms with Gasteiger partial charge in [0.2, 0.25) is 0 Å². The molecule has 1 aliphatic carbocycles. The van der Waals surface area contributed by atoms with Crippen LogP contribution in [-0.2, 0) is 0 Å². The quantitative estimate of drug-likeness (QED) is 0.424. The molecule has 28 heavy (non-hydrogen) atoms. The lowest BCUT2D eigenvalue weighted by Gasteiger charge is -2.14. The highest BCUT2D eigenvalue weighted by molar-refractivity contribution is 7.14. The summed E-state index contributed by atoms with van der Waals surface area (Å²) in [5, 5.41) is 2.79. The first-order chi connectivity index (χ1) is 13.8. The Bertz CT molecular complexity index is 1170. The van der Waals surface area contributed by atoms with Crippen LogP contribution in [0.3, 0.4) is 0 Å². The summed E-state index contributed by atoms with van der Waals surface area (Å²) in [7, 11) is 2.25. The molecule has 2 aromatic heterocycles. The van der Waals surface area contributed by atoms with Crippen molar-refractivity contribution in [3.63, 3.8) is 0 Å². The molecule has 3 nitrogen and oxygen atoms in total. The number of hydrogen-bond donors (Lipinski definition) is 0. The molecule has 0 amide bonds. The van der Waals surface area contributed by atoms with Crippen LogP contribution in [0.1, 0.15) is 43.6 Å². The first-order valence-corrected chi connectivity index (χ1v) is 11.4. The molecule has 4 aromatic rings. The van der Waals surface area contributed by atoms with Crippen LogP contribution in [0, 0.1) is 0 Å². The van der Waals surface area contributed by atoms with E-state index in [1.165, 1.54) is 70.7 Å². The summed E-state index contributed by atoms with van der Waals surface area (Å²) in [6, 6.07) is 15.7. The van der Waals surface area contributed by atoms with Gasteiger partial charge in [0.25, 0.3) is 0 Å². The van der Waals surface area contributed by atoms with E-state index in [-0.39, 0.29) is 0 Å². The van der Waals surface area contributed by atoms with Crippen molar-refractivity contribution in [2.75, 3.05) is 20.1 Å². The Balaban J connectivity index is 1.58. The van der Waals surface area contributed by atoms with Gasteiger partial charge >= 0.3 is 0 Å². The zero-order chi connectivity index (χ0) is 18.7. The highest BCUT2D eigenvalue weighted by Crippen LogP contribution is 2.43. The second kappa shape index (κ2) is 6.50. The van der Waals surface area contributed by atoms with Gasteiger partial charge < -0.3 is 9.64 Å². The molecule has 2 aliphatic rings. The SMILES string of the molecule is CN1CCC(c2c3cc(OC4CCCC4)ccc3n3sc4ccccc4c23)C1. The minimum absolute atomic E-state index is 0.406. The molecule has 6 rings (SSSR count). The minimum Gasteiger partial charge on any atom is -0.490 e. The summed E-state index contributed by atoms with van der Waals surface area (Å²) in [5.74, 6) is 1.65. The van der Waals surface area contributed by atoms with Crippen molar-refractivity contribution in [1.82, 2.24) is 8.69 Å². The number of fused-ring (bicyclic) bond motifs is 5. The number of benzene rings is 2. The maximum Gasteiger partial charge on any atom is 0.120 e. The highest BCUT2D eigenvalue weighted by atomic mass is 32.1. The fourth-order valence-corrected chi connectivity index (χ4v) is 6.46. The predicted octanol–water partition coefficient (Wildman–Crippen LogP) is 6.05. The fraction of sp³-hybridized carbons (Fsp3) is 0.417. The standard InChI is InChI=1S/C24H26N2OS/c1-25-13-12-16(15-25)23-20-14-18(27-17-6-2-3-7-17)10-11-21(20)26-24(23)19-8-4-5-9-22(19)28-26/h4-5,8-11,14,16-17H,2-3,6-7,12-13,15H2,1H3. The van der Waals surface area contributed by atoms with Crippen LogP contribution in [-0.4, -0.2) is 34.9 Å². The zero-order valence-electron chi connectivity index (χ0n) is 16.4. The normalized spacial score (nSPS) is 21.5. The van der Waals surface area contributed by atoms with Crippen LogP contribution in [0.25, 0.3) is 26.5 Å². The summed E-state index contributed by atoms with van der Waals surface area (Å²) >= 11 is 1.87. The number of ether oxygens (including phenoxy) is 1. The van der Waals surface area contributed by atoms with Crippen LogP contribution in [0.4, 0.5) is 0 Å². The third-order valence-electron chi connectivity index (χ3n) is 6.67. The Labute approximate surface area is 169 Å². The number of likely N-dealkylation sites (tertiary alicyclic amines) is 1. The smallest absolute Gasteiger partial charge is 0.120 e. The van der Waals surface area contributed by atoms with Crippen molar-refractivity contribution in [3.8, 4) is 5.75 Å². The maximum atomic E-state index is 6.37. The first-order valence-electron chi connectivity index (χ1n) is 10.6. The van der Waals surface area contributed by atoms with Gasteiger partial charge in [0.15, 0.2) is 0 Å². The van der Waals surface area contributed by atoms with Crippen LogP contribution < -0.4 is 4.74 Å². The van der Waals surface area contributed by atoms with Gasteiger partial charge in [-0.15, -0.1) is 0 Å². The lowest BCUT2D eigenvalue weighted by molar-refractivity contribution is 0.210. The second-order valence-electron chi connectivity index (χ2n) is 8.60. The molecular weight excluding hydrogens is 364 g/mol.